The summed E-state index contributed by atoms with van der Waals surface area (Å²) in [6.45, 7) is 1.61. The van der Waals surface area contributed by atoms with Gasteiger partial charge in [0.05, 0.1) is 17.6 Å². The van der Waals surface area contributed by atoms with Crippen LogP contribution < -0.4 is 21.5 Å². The molecule has 152 valence electrons. The summed E-state index contributed by atoms with van der Waals surface area (Å²) >= 11 is 0. The summed E-state index contributed by atoms with van der Waals surface area (Å²) in [7, 11) is 0. The number of carbonyl (C=O) groups is 2. The Morgan fingerprint density at radius 2 is 1.97 bits per heavy atom. The first kappa shape index (κ1) is 20.3. The van der Waals surface area contributed by atoms with Crippen molar-refractivity contribution in [3.63, 3.8) is 0 Å². The third-order valence-corrected chi connectivity index (χ3v) is 4.21. The summed E-state index contributed by atoms with van der Waals surface area (Å²) in [5, 5.41) is 15.2. The zero-order chi connectivity index (χ0) is 21.8. The van der Waals surface area contributed by atoms with E-state index in [2.05, 4.69) is 10.4 Å². The van der Waals surface area contributed by atoms with Gasteiger partial charge in [-0.15, -0.1) is 0 Å². The smallest absolute Gasteiger partial charge is 0.316 e. The van der Waals surface area contributed by atoms with Gasteiger partial charge in [-0.2, -0.15) is 10.4 Å². The Balaban J connectivity index is 2.02. The molecule has 0 unspecified atom stereocenters. The number of primary amides is 2. The SMILES string of the molecule is Cc1cc(-n2cc(NC(N)=O)c(C(N)=O)n2)ccc1-c1ccc(F)cc1OCC#N. The quantitative estimate of drug-likeness (QED) is 0.573. The molecule has 1 heterocycles. The van der Waals surface area contributed by atoms with Crippen LogP contribution in [-0.2, 0) is 0 Å². The lowest BCUT2D eigenvalue weighted by Crippen LogP contribution is -2.22. The maximum Gasteiger partial charge on any atom is 0.316 e. The Labute approximate surface area is 170 Å². The molecule has 0 aliphatic heterocycles. The van der Waals surface area contributed by atoms with Crippen LogP contribution in [0.3, 0.4) is 0 Å². The molecular formula is C20H17FN6O3. The molecule has 0 saturated carbocycles. The number of benzene rings is 2. The minimum absolute atomic E-state index is 0.0856. The molecule has 0 spiro atoms. The summed E-state index contributed by atoms with van der Waals surface area (Å²) < 4.78 is 20.3. The molecule has 0 aliphatic carbocycles. The van der Waals surface area contributed by atoms with Gasteiger partial charge >= 0.3 is 6.03 Å². The second kappa shape index (κ2) is 8.32. The number of amides is 3. The van der Waals surface area contributed by atoms with Gasteiger partial charge in [0.1, 0.15) is 17.6 Å². The number of rotatable bonds is 6. The lowest BCUT2D eigenvalue weighted by Gasteiger charge is -2.13. The minimum atomic E-state index is -0.857. The van der Waals surface area contributed by atoms with E-state index in [4.69, 9.17) is 21.5 Å². The van der Waals surface area contributed by atoms with E-state index >= 15 is 0 Å². The number of anilines is 1. The molecule has 30 heavy (non-hydrogen) atoms. The van der Waals surface area contributed by atoms with E-state index in [0.717, 1.165) is 11.1 Å². The predicted octanol–water partition coefficient (Wildman–Crippen LogP) is 2.48. The number of aromatic nitrogens is 2. The van der Waals surface area contributed by atoms with Crippen LogP contribution in [0.15, 0.2) is 42.6 Å². The van der Waals surface area contributed by atoms with E-state index in [1.54, 1.807) is 24.3 Å². The van der Waals surface area contributed by atoms with Crippen LogP contribution in [0.5, 0.6) is 5.75 Å². The van der Waals surface area contributed by atoms with E-state index in [1.165, 1.54) is 23.0 Å². The van der Waals surface area contributed by atoms with Gasteiger partial charge in [0, 0.05) is 11.6 Å². The zero-order valence-electron chi connectivity index (χ0n) is 15.8. The van der Waals surface area contributed by atoms with Gasteiger partial charge in [0.25, 0.3) is 5.91 Å². The highest BCUT2D eigenvalue weighted by Gasteiger charge is 2.17. The molecule has 3 aromatic rings. The van der Waals surface area contributed by atoms with Gasteiger partial charge in [0.15, 0.2) is 12.3 Å². The first-order chi connectivity index (χ1) is 14.3. The predicted molar refractivity (Wildman–Crippen MR) is 107 cm³/mol. The molecule has 3 rings (SSSR count). The van der Waals surface area contributed by atoms with Crippen LogP contribution in [0.2, 0.25) is 0 Å². The molecule has 0 radical (unpaired) electrons. The summed E-state index contributed by atoms with van der Waals surface area (Å²) in [6.07, 6.45) is 1.42. The van der Waals surface area contributed by atoms with Gasteiger partial charge in [-0.3, -0.25) is 4.79 Å². The Morgan fingerprint density at radius 1 is 1.23 bits per heavy atom. The largest absolute Gasteiger partial charge is 0.478 e. The van der Waals surface area contributed by atoms with Crippen molar-refractivity contribution in [1.29, 1.82) is 5.26 Å². The zero-order valence-corrected chi connectivity index (χ0v) is 15.8. The number of halogens is 1. The molecule has 0 fully saturated rings. The highest BCUT2D eigenvalue weighted by atomic mass is 19.1. The number of aryl methyl sites for hydroxylation is 1. The van der Waals surface area contributed by atoms with Crippen molar-refractivity contribution in [2.24, 2.45) is 11.5 Å². The molecular weight excluding hydrogens is 391 g/mol. The van der Waals surface area contributed by atoms with E-state index in [-0.39, 0.29) is 23.7 Å². The molecule has 0 aliphatic rings. The van der Waals surface area contributed by atoms with Gasteiger partial charge in [-0.05, 0) is 42.3 Å². The van der Waals surface area contributed by atoms with E-state index in [1.807, 2.05) is 13.0 Å². The van der Waals surface area contributed by atoms with Crippen LogP contribution in [0.1, 0.15) is 16.1 Å². The Hall–Kier alpha value is -4.39. The summed E-state index contributed by atoms with van der Waals surface area (Å²) in [5.74, 6) is -1.06. The first-order valence-corrected chi connectivity index (χ1v) is 8.66. The summed E-state index contributed by atoms with van der Waals surface area (Å²) in [5.41, 5.74) is 13.1. The number of nitrogens with zero attached hydrogens (tertiary/aromatic N) is 3. The number of nitrogens with two attached hydrogens (primary N) is 2. The standard InChI is InChI=1S/C20H17FN6O3/c1-11-8-13(27-10-16(25-20(24)29)18(26-27)19(23)28)3-5-14(11)15-4-2-12(21)9-17(15)30-7-6-22/h2-5,8-10H,7H2,1H3,(H2,23,28)(H3,24,25,29). The molecule has 3 amide bonds. The fourth-order valence-electron chi connectivity index (χ4n) is 2.95. The number of nitrogens with one attached hydrogen (secondary N) is 1. The minimum Gasteiger partial charge on any atom is -0.478 e. The van der Waals surface area contributed by atoms with Crippen LogP contribution >= 0.6 is 0 Å². The van der Waals surface area contributed by atoms with Gasteiger partial charge in [0.2, 0.25) is 0 Å². The van der Waals surface area contributed by atoms with Gasteiger partial charge < -0.3 is 21.5 Å². The van der Waals surface area contributed by atoms with Crippen molar-refractivity contribution in [2.45, 2.75) is 6.92 Å². The summed E-state index contributed by atoms with van der Waals surface area (Å²) in [6, 6.07) is 10.3. The lowest BCUT2D eigenvalue weighted by molar-refractivity contribution is 0.0996. The lowest BCUT2D eigenvalue weighted by atomic mass is 9.99. The van der Waals surface area contributed by atoms with Crippen molar-refractivity contribution in [2.75, 3.05) is 11.9 Å². The molecule has 1 aromatic heterocycles. The second-order valence-corrected chi connectivity index (χ2v) is 6.28. The highest BCUT2D eigenvalue weighted by Crippen LogP contribution is 2.34. The van der Waals surface area contributed by atoms with Gasteiger partial charge in [-0.25, -0.2) is 13.9 Å². The number of hydrogen-bond acceptors (Lipinski definition) is 5. The number of hydrogen-bond donors (Lipinski definition) is 3. The molecule has 5 N–H and O–H groups in total. The van der Waals surface area contributed by atoms with Crippen molar-refractivity contribution >= 4 is 17.6 Å². The first-order valence-electron chi connectivity index (χ1n) is 8.66. The van der Waals surface area contributed by atoms with Crippen LogP contribution in [0.25, 0.3) is 16.8 Å². The maximum absolute atomic E-state index is 13.6. The third kappa shape index (κ3) is 4.20. The average molecular weight is 408 g/mol. The number of carbonyl (C=O) groups excluding carboxylic acids is 2. The van der Waals surface area contributed by atoms with Crippen molar-refractivity contribution < 1.29 is 18.7 Å². The van der Waals surface area contributed by atoms with E-state index < -0.39 is 17.8 Å². The van der Waals surface area contributed by atoms with E-state index in [9.17, 15) is 14.0 Å². The topological polar surface area (TPSA) is 149 Å². The van der Waals surface area contributed by atoms with Crippen molar-refractivity contribution in [3.05, 3.63) is 59.7 Å². The Bertz CT molecular complexity index is 1180. The number of nitriles is 1. The van der Waals surface area contributed by atoms with E-state index in [0.29, 0.717) is 11.3 Å². The Kier molecular flexibility index (Phi) is 5.64. The van der Waals surface area contributed by atoms with Crippen LogP contribution in [0, 0.1) is 24.1 Å². The average Bonchev–Trinajstić information content (AvgIpc) is 3.10. The second-order valence-electron chi connectivity index (χ2n) is 6.28. The molecule has 0 bridgehead atoms. The molecule has 2 aromatic carbocycles. The Morgan fingerprint density at radius 3 is 2.60 bits per heavy atom. The molecule has 9 nitrogen and oxygen atoms in total. The fourth-order valence-corrected chi connectivity index (χ4v) is 2.95. The molecule has 0 saturated heterocycles. The maximum atomic E-state index is 13.6. The third-order valence-electron chi connectivity index (χ3n) is 4.21. The van der Waals surface area contributed by atoms with Gasteiger partial charge in [-0.1, -0.05) is 6.07 Å². The monoisotopic (exact) mass is 408 g/mol. The molecule has 0 atom stereocenters. The normalized spacial score (nSPS) is 10.3. The van der Waals surface area contributed by atoms with Crippen LogP contribution in [0.4, 0.5) is 14.9 Å². The number of ether oxygens (including phenoxy) is 1. The highest BCUT2D eigenvalue weighted by molar-refractivity contribution is 6.00. The molecule has 10 heteroatoms. The number of urea groups is 1. The fraction of sp³-hybridized carbons (Fsp3) is 0.100. The van der Waals surface area contributed by atoms with Crippen molar-refractivity contribution in [3.8, 4) is 28.6 Å². The summed E-state index contributed by atoms with van der Waals surface area (Å²) in [4.78, 5) is 22.7. The van der Waals surface area contributed by atoms with Crippen molar-refractivity contribution in [1.82, 2.24) is 9.78 Å². The van der Waals surface area contributed by atoms with Crippen LogP contribution in [-0.4, -0.2) is 28.3 Å².